The van der Waals surface area contributed by atoms with Crippen LogP contribution in [0.3, 0.4) is 0 Å². The Balaban J connectivity index is 2.82. The Bertz CT molecular complexity index is 460. The monoisotopic (exact) mass is 254 g/mol. The summed E-state index contributed by atoms with van der Waals surface area (Å²) in [4.78, 5) is 11.7. The number of halogens is 2. The molecule has 1 aromatic carbocycles. The summed E-state index contributed by atoms with van der Waals surface area (Å²) in [7, 11) is 0. The molecule has 0 unspecified atom stereocenters. The van der Waals surface area contributed by atoms with E-state index in [9.17, 15) is 9.18 Å². The third-order valence-corrected chi connectivity index (χ3v) is 2.50. The van der Waals surface area contributed by atoms with Crippen LogP contribution in [-0.2, 0) is 0 Å². The number of nitrogens with one attached hydrogen (secondary N) is 1. The summed E-state index contributed by atoms with van der Waals surface area (Å²) in [6.45, 7) is 3.49. The first-order valence-electron chi connectivity index (χ1n) is 5.01. The van der Waals surface area contributed by atoms with Crippen LogP contribution in [-0.4, -0.2) is 12.5 Å². The fourth-order valence-corrected chi connectivity index (χ4v) is 1.39. The quantitative estimate of drug-likeness (QED) is 0.902. The molecule has 0 aliphatic heterocycles. The smallest absolute Gasteiger partial charge is 0.255 e. The lowest BCUT2D eigenvalue weighted by Gasteiger charge is -2.16. The highest BCUT2D eigenvalue weighted by Gasteiger charge is 2.21. The minimum Gasteiger partial charge on any atom is -0.350 e. The predicted molar refractivity (Wildman–Crippen MR) is 63.1 cm³/mol. The molecule has 0 atom stereocenters. The zero-order valence-corrected chi connectivity index (χ0v) is 10.3. The standard InChI is InChI=1S/C12H12ClFN2O/c1-12(2,6-15)7-16-11(17)10-8(13)4-3-5-9(10)14/h3-5H,7H2,1-2H3,(H,16,17). The lowest BCUT2D eigenvalue weighted by molar-refractivity contribution is 0.0940. The van der Waals surface area contributed by atoms with Gasteiger partial charge in [-0.2, -0.15) is 5.26 Å². The first-order valence-corrected chi connectivity index (χ1v) is 5.38. The molecule has 0 fully saturated rings. The maximum absolute atomic E-state index is 13.4. The van der Waals surface area contributed by atoms with Crippen LogP contribution in [0.1, 0.15) is 24.2 Å². The molecule has 0 saturated carbocycles. The van der Waals surface area contributed by atoms with Crippen LogP contribution < -0.4 is 5.32 Å². The summed E-state index contributed by atoms with van der Waals surface area (Å²) >= 11 is 5.74. The van der Waals surface area contributed by atoms with Gasteiger partial charge in [0.1, 0.15) is 5.82 Å². The Morgan fingerprint density at radius 1 is 1.59 bits per heavy atom. The van der Waals surface area contributed by atoms with Crippen LogP contribution in [0, 0.1) is 22.6 Å². The van der Waals surface area contributed by atoms with Gasteiger partial charge in [0.05, 0.1) is 22.1 Å². The van der Waals surface area contributed by atoms with E-state index >= 15 is 0 Å². The number of benzene rings is 1. The predicted octanol–water partition coefficient (Wildman–Crippen LogP) is 2.76. The number of carbonyl (C=O) groups is 1. The van der Waals surface area contributed by atoms with Gasteiger partial charge in [0, 0.05) is 6.54 Å². The summed E-state index contributed by atoms with van der Waals surface area (Å²) in [6.07, 6.45) is 0. The van der Waals surface area contributed by atoms with Crippen molar-refractivity contribution in [1.29, 1.82) is 5.26 Å². The van der Waals surface area contributed by atoms with Gasteiger partial charge in [0.25, 0.3) is 5.91 Å². The van der Waals surface area contributed by atoms with Gasteiger partial charge in [-0.1, -0.05) is 17.7 Å². The topological polar surface area (TPSA) is 52.9 Å². The minimum atomic E-state index is -0.701. The summed E-state index contributed by atoms with van der Waals surface area (Å²) in [6, 6.07) is 6.06. The number of hydrogen-bond acceptors (Lipinski definition) is 2. The van der Waals surface area contributed by atoms with Gasteiger partial charge < -0.3 is 5.32 Å². The molecular formula is C12H12ClFN2O. The second-order valence-corrected chi connectivity index (χ2v) is 4.68. The normalized spacial score (nSPS) is 10.8. The van der Waals surface area contributed by atoms with Gasteiger partial charge in [-0.05, 0) is 26.0 Å². The summed E-state index contributed by atoms with van der Waals surface area (Å²) in [5, 5.41) is 11.3. The summed E-state index contributed by atoms with van der Waals surface area (Å²) in [5.41, 5.74) is -0.893. The lowest BCUT2D eigenvalue weighted by Crippen LogP contribution is -2.33. The molecule has 0 bridgehead atoms. The molecule has 3 nitrogen and oxygen atoms in total. The Morgan fingerprint density at radius 2 is 2.24 bits per heavy atom. The molecule has 0 radical (unpaired) electrons. The van der Waals surface area contributed by atoms with Gasteiger partial charge in [-0.25, -0.2) is 4.39 Å². The number of nitrogens with zero attached hydrogens (tertiary/aromatic N) is 1. The molecule has 1 N–H and O–H groups in total. The van der Waals surface area contributed by atoms with E-state index in [0.717, 1.165) is 6.07 Å². The molecule has 5 heteroatoms. The lowest BCUT2D eigenvalue weighted by atomic mass is 9.96. The maximum atomic E-state index is 13.4. The maximum Gasteiger partial charge on any atom is 0.255 e. The second-order valence-electron chi connectivity index (χ2n) is 4.28. The minimum absolute atomic E-state index is 0.0530. The van der Waals surface area contributed by atoms with Gasteiger partial charge in [0.15, 0.2) is 0 Å². The van der Waals surface area contributed by atoms with Gasteiger partial charge in [-0.15, -0.1) is 0 Å². The van der Waals surface area contributed by atoms with E-state index in [0.29, 0.717) is 0 Å². The van der Waals surface area contributed by atoms with E-state index in [-0.39, 0.29) is 17.1 Å². The van der Waals surface area contributed by atoms with E-state index in [1.54, 1.807) is 13.8 Å². The second kappa shape index (κ2) is 5.15. The van der Waals surface area contributed by atoms with E-state index in [1.165, 1.54) is 12.1 Å². The van der Waals surface area contributed by atoms with Crippen LogP contribution >= 0.6 is 11.6 Å². The number of nitriles is 1. The van der Waals surface area contributed by atoms with Crippen molar-refractivity contribution in [1.82, 2.24) is 5.32 Å². The number of amides is 1. The van der Waals surface area contributed by atoms with Crippen molar-refractivity contribution in [2.75, 3.05) is 6.54 Å². The molecule has 90 valence electrons. The fourth-order valence-electron chi connectivity index (χ4n) is 1.14. The fraction of sp³-hybridized carbons (Fsp3) is 0.333. The largest absolute Gasteiger partial charge is 0.350 e. The van der Waals surface area contributed by atoms with Crippen LogP contribution in [0.5, 0.6) is 0 Å². The molecule has 17 heavy (non-hydrogen) atoms. The first kappa shape index (κ1) is 13.5. The molecule has 0 spiro atoms. The average molecular weight is 255 g/mol. The zero-order valence-electron chi connectivity index (χ0n) is 9.55. The van der Waals surface area contributed by atoms with Crippen LogP contribution in [0.2, 0.25) is 5.02 Å². The van der Waals surface area contributed by atoms with Crippen LogP contribution in [0.15, 0.2) is 18.2 Å². The summed E-state index contributed by atoms with van der Waals surface area (Å²) < 4.78 is 13.4. The Hall–Kier alpha value is -1.60. The SMILES string of the molecule is CC(C)(C#N)CNC(=O)c1c(F)cccc1Cl. The van der Waals surface area contributed by atoms with Crippen molar-refractivity contribution < 1.29 is 9.18 Å². The van der Waals surface area contributed by atoms with Crippen LogP contribution in [0.4, 0.5) is 4.39 Å². The van der Waals surface area contributed by atoms with Gasteiger partial charge >= 0.3 is 0 Å². The average Bonchev–Trinajstić information content (AvgIpc) is 2.26. The van der Waals surface area contributed by atoms with E-state index in [4.69, 9.17) is 16.9 Å². The van der Waals surface area contributed by atoms with Crippen molar-refractivity contribution >= 4 is 17.5 Å². The molecule has 1 aromatic rings. The highest BCUT2D eigenvalue weighted by molar-refractivity contribution is 6.33. The first-order chi connectivity index (χ1) is 7.87. The Kier molecular flexibility index (Phi) is 4.08. The van der Waals surface area contributed by atoms with E-state index in [1.807, 2.05) is 6.07 Å². The zero-order chi connectivity index (χ0) is 13.1. The number of carbonyl (C=O) groups excluding carboxylic acids is 1. The van der Waals surface area contributed by atoms with Crippen molar-refractivity contribution in [2.45, 2.75) is 13.8 Å². The number of hydrogen-bond donors (Lipinski definition) is 1. The molecule has 0 aromatic heterocycles. The highest BCUT2D eigenvalue weighted by Crippen LogP contribution is 2.19. The van der Waals surface area contributed by atoms with Gasteiger partial charge in [-0.3, -0.25) is 4.79 Å². The molecule has 0 aliphatic carbocycles. The molecule has 0 heterocycles. The van der Waals surface area contributed by atoms with Crippen molar-refractivity contribution in [3.05, 3.63) is 34.6 Å². The van der Waals surface area contributed by atoms with Crippen molar-refractivity contribution in [3.63, 3.8) is 0 Å². The van der Waals surface area contributed by atoms with Crippen molar-refractivity contribution in [2.24, 2.45) is 5.41 Å². The third-order valence-electron chi connectivity index (χ3n) is 2.18. The Labute approximate surface area is 104 Å². The van der Waals surface area contributed by atoms with E-state index in [2.05, 4.69) is 5.32 Å². The molecule has 1 amide bonds. The molecule has 0 saturated heterocycles. The Morgan fingerprint density at radius 3 is 2.76 bits per heavy atom. The molecular weight excluding hydrogens is 243 g/mol. The van der Waals surface area contributed by atoms with Crippen molar-refractivity contribution in [3.8, 4) is 6.07 Å². The molecule has 1 rings (SSSR count). The molecule has 0 aliphatic rings. The third kappa shape index (κ3) is 3.43. The van der Waals surface area contributed by atoms with Gasteiger partial charge in [0.2, 0.25) is 0 Å². The number of rotatable bonds is 3. The van der Waals surface area contributed by atoms with Crippen LogP contribution in [0.25, 0.3) is 0 Å². The van der Waals surface area contributed by atoms with E-state index < -0.39 is 17.1 Å². The highest BCUT2D eigenvalue weighted by atomic mass is 35.5. The summed E-state index contributed by atoms with van der Waals surface area (Å²) in [5.74, 6) is -1.29.